The Morgan fingerprint density at radius 2 is 2.00 bits per heavy atom. The normalized spacial score (nSPS) is 14.2. The third-order valence-electron chi connectivity index (χ3n) is 2.07. The van der Waals surface area contributed by atoms with Crippen molar-refractivity contribution in [1.82, 2.24) is 10.6 Å². The van der Waals surface area contributed by atoms with Crippen LogP contribution >= 0.6 is 11.8 Å². The first kappa shape index (κ1) is 15.2. The van der Waals surface area contributed by atoms with E-state index in [-0.39, 0.29) is 11.9 Å². The van der Waals surface area contributed by atoms with Gasteiger partial charge in [0.25, 0.3) is 0 Å². The number of hydrogen-bond acceptors (Lipinski definition) is 4. The second-order valence-electron chi connectivity index (χ2n) is 3.63. The van der Waals surface area contributed by atoms with Gasteiger partial charge in [-0.1, -0.05) is 6.92 Å². The summed E-state index contributed by atoms with van der Waals surface area (Å²) in [4.78, 5) is 21.8. The highest BCUT2D eigenvalue weighted by molar-refractivity contribution is 7.99. The number of nitrogens with two attached hydrogens (primary N) is 1. The van der Waals surface area contributed by atoms with Crippen LogP contribution in [0.4, 0.5) is 4.79 Å². The predicted molar refractivity (Wildman–Crippen MR) is 67.4 cm³/mol. The fourth-order valence-corrected chi connectivity index (χ4v) is 2.03. The Morgan fingerprint density at radius 3 is 2.50 bits per heavy atom. The summed E-state index contributed by atoms with van der Waals surface area (Å²) in [5, 5.41) is 5.16. The number of imide groups is 1. The highest BCUT2D eigenvalue weighted by Gasteiger charge is 2.15. The van der Waals surface area contributed by atoms with Gasteiger partial charge >= 0.3 is 6.03 Å². The van der Waals surface area contributed by atoms with Crippen molar-refractivity contribution in [2.75, 3.05) is 11.5 Å². The van der Waals surface area contributed by atoms with Crippen LogP contribution in [-0.4, -0.2) is 35.5 Å². The van der Waals surface area contributed by atoms with Crippen molar-refractivity contribution in [3.8, 4) is 0 Å². The van der Waals surface area contributed by atoms with Crippen LogP contribution in [0.15, 0.2) is 0 Å². The second kappa shape index (κ2) is 8.41. The average molecular weight is 247 g/mol. The summed E-state index contributed by atoms with van der Waals surface area (Å²) >= 11 is 1.87. The van der Waals surface area contributed by atoms with Crippen LogP contribution in [0.5, 0.6) is 0 Å². The fraction of sp³-hybridized carbons (Fsp3) is 0.800. The molecule has 16 heavy (non-hydrogen) atoms. The molecular formula is C10H21N3O2S. The largest absolute Gasteiger partial charge is 0.351 e. The fourth-order valence-electron chi connectivity index (χ4n) is 1.22. The number of primary amides is 1. The molecule has 94 valence electrons. The number of carbonyl (C=O) groups excluding carboxylic acids is 2. The predicted octanol–water partition coefficient (Wildman–Crippen LogP) is 0.691. The number of rotatable bonds is 7. The number of amides is 3. The van der Waals surface area contributed by atoms with Crippen LogP contribution in [0.3, 0.4) is 0 Å². The molecule has 2 atom stereocenters. The van der Waals surface area contributed by atoms with Gasteiger partial charge in [-0.05, 0) is 31.8 Å². The summed E-state index contributed by atoms with van der Waals surface area (Å²) in [7, 11) is 0. The maximum atomic E-state index is 11.3. The molecule has 0 heterocycles. The SMILES string of the molecule is CCSCCC(C)NC(C)C(=O)NC(N)=O. The molecule has 0 rings (SSSR count). The van der Waals surface area contributed by atoms with E-state index in [1.165, 1.54) is 0 Å². The highest BCUT2D eigenvalue weighted by Crippen LogP contribution is 2.04. The monoisotopic (exact) mass is 247 g/mol. The summed E-state index contributed by atoms with van der Waals surface area (Å²) in [5.74, 6) is 1.78. The third kappa shape index (κ3) is 7.53. The number of urea groups is 1. The van der Waals surface area contributed by atoms with Gasteiger partial charge in [0.15, 0.2) is 0 Å². The van der Waals surface area contributed by atoms with Crippen LogP contribution in [0.25, 0.3) is 0 Å². The van der Waals surface area contributed by atoms with Crippen LogP contribution in [0, 0.1) is 0 Å². The maximum absolute atomic E-state index is 11.3. The first-order valence-corrected chi connectivity index (χ1v) is 6.57. The van der Waals surface area contributed by atoms with Crippen LogP contribution < -0.4 is 16.4 Å². The molecule has 0 saturated heterocycles. The molecule has 0 aliphatic heterocycles. The summed E-state index contributed by atoms with van der Waals surface area (Å²) in [6.45, 7) is 5.84. The van der Waals surface area contributed by atoms with E-state index < -0.39 is 12.1 Å². The van der Waals surface area contributed by atoms with E-state index in [0.29, 0.717) is 0 Å². The van der Waals surface area contributed by atoms with Crippen molar-refractivity contribution in [3.63, 3.8) is 0 Å². The molecule has 4 N–H and O–H groups in total. The van der Waals surface area contributed by atoms with Crippen LogP contribution in [-0.2, 0) is 4.79 Å². The van der Waals surface area contributed by atoms with Gasteiger partial charge in [0, 0.05) is 6.04 Å². The quantitative estimate of drug-likeness (QED) is 0.578. The molecule has 0 aromatic carbocycles. The summed E-state index contributed by atoms with van der Waals surface area (Å²) < 4.78 is 0. The minimum Gasteiger partial charge on any atom is -0.351 e. The highest BCUT2D eigenvalue weighted by atomic mass is 32.2. The molecule has 0 fully saturated rings. The molecule has 0 aromatic heterocycles. The maximum Gasteiger partial charge on any atom is 0.318 e. The second-order valence-corrected chi connectivity index (χ2v) is 5.02. The first-order valence-electron chi connectivity index (χ1n) is 5.41. The standard InChI is InChI=1S/C10H21N3O2S/c1-4-16-6-5-7(2)12-8(3)9(14)13-10(11)15/h7-8,12H,4-6H2,1-3H3,(H3,11,13,14,15). The van der Waals surface area contributed by atoms with Crippen LogP contribution in [0.1, 0.15) is 27.2 Å². The Labute approximate surface area is 101 Å². The third-order valence-corrected chi connectivity index (χ3v) is 3.01. The van der Waals surface area contributed by atoms with Crippen LogP contribution in [0.2, 0.25) is 0 Å². The van der Waals surface area contributed by atoms with Gasteiger partial charge in [-0.3, -0.25) is 10.1 Å². The lowest BCUT2D eigenvalue weighted by Crippen LogP contribution is -2.48. The number of thioether (sulfide) groups is 1. The molecule has 5 nitrogen and oxygen atoms in total. The molecule has 0 aliphatic rings. The average Bonchev–Trinajstić information content (AvgIpc) is 2.16. The Balaban J connectivity index is 3.80. The molecule has 0 aromatic rings. The lowest BCUT2D eigenvalue weighted by Gasteiger charge is -2.18. The van der Waals surface area contributed by atoms with Crippen molar-refractivity contribution in [1.29, 1.82) is 0 Å². The number of hydrogen-bond donors (Lipinski definition) is 3. The Kier molecular flexibility index (Phi) is 8.01. The van der Waals surface area contributed by atoms with Gasteiger partial charge in [0.05, 0.1) is 6.04 Å². The molecular weight excluding hydrogens is 226 g/mol. The zero-order valence-corrected chi connectivity index (χ0v) is 10.9. The van der Waals surface area contributed by atoms with Crippen molar-refractivity contribution < 1.29 is 9.59 Å². The van der Waals surface area contributed by atoms with Gasteiger partial charge in [-0.2, -0.15) is 11.8 Å². The summed E-state index contributed by atoms with van der Waals surface area (Å²) in [6, 6.07) is -0.977. The van der Waals surface area contributed by atoms with Gasteiger partial charge in [-0.15, -0.1) is 0 Å². The Bertz CT molecular complexity index is 236. The van der Waals surface area contributed by atoms with E-state index in [0.717, 1.165) is 17.9 Å². The summed E-state index contributed by atoms with van der Waals surface area (Å²) in [6.07, 6.45) is 0.993. The van der Waals surface area contributed by atoms with Gasteiger partial charge in [-0.25, -0.2) is 4.79 Å². The van der Waals surface area contributed by atoms with Gasteiger partial charge in [0.1, 0.15) is 0 Å². The number of carbonyl (C=O) groups is 2. The smallest absolute Gasteiger partial charge is 0.318 e. The zero-order valence-electron chi connectivity index (χ0n) is 10.1. The molecule has 3 amide bonds. The number of nitrogens with one attached hydrogen (secondary N) is 2. The van der Waals surface area contributed by atoms with Gasteiger partial charge in [0.2, 0.25) is 5.91 Å². The molecule has 0 radical (unpaired) electrons. The Hall–Kier alpha value is -0.750. The van der Waals surface area contributed by atoms with E-state index in [4.69, 9.17) is 5.73 Å². The first-order chi connectivity index (χ1) is 7.47. The van der Waals surface area contributed by atoms with E-state index in [1.807, 2.05) is 24.0 Å². The van der Waals surface area contributed by atoms with E-state index in [2.05, 4.69) is 12.2 Å². The molecule has 0 aliphatic carbocycles. The van der Waals surface area contributed by atoms with E-state index in [1.54, 1.807) is 6.92 Å². The minimum atomic E-state index is -0.812. The molecule has 0 saturated carbocycles. The van der Waals surface area contributed by atoms with E-state index >= 15 is 0 Å². The lowest BCUT2D eigenvalue weighted by atomic mass is 10.2. The molecule has 6 heteroatoms. The molecule has 0 spiro atoms. The van der Waals surface area contributed by atoms with Crippen molar-refractivity contribution >= 4 is 23.7 Å². The zero-order chi connectivity index (χ0) is 12.6. The Morgan fingerprint density at radius 1 is 1.38 bits per heavy atom. The molecule has 0 bridgehead atoms. The molecule has 2 unspecified atom stereocenters. The van der Waals surface area contributed by atoms with Crippen molar-refractivity contribution in [2.24, 2.45) is 5.73 Å². The van der Waals surface area contributed by atoms with Crippen molar-refractivity contribution in [2.45, 2.75) is 39.3 Å². The van der Waals surface area contributed by atoms with Crippen molar-refractivity contribution in [3.05, 3.63) is 0 Å². The lowest BCUT2D eigenvalue weighted by molar-refractivity contribution is -0.121. The van der Waals surface area contributed by atoms with E-state index in [9.17, 15) is 9.59 Å². The van der Waals surface area contributed by atoms with Gasteiger partial charge < -0.3 is 11.1 Å². The topological polar surface area (TPSA) is 84.2 Å². The minimum absolute atomic E-state index is 0.243. The summed E-state index contributed by atoms with van der Waals surface area (Å²) in [5.41, 5.74) is 4.86.